The summed E-state index contributed by atoms with van der Waals surface area (Å²) >= 11 is 0. The maximum absolute atomic E-state index is 8.20. The molecule has 0 spiro atoms. The molecule has 0 aromatic rings. The lowest BCUT2D eigenvalue weighted by atomic mass is 10.6. The fourth-order valence-electron chi connectivity index (χ4n) is 0.409. The summed E-state index contributed by atoms with van der Waals surface area (Å²) in [5.41, 5.74) is 0. The molecule has 0 amide bonds. The van der Waals surface area contributed by atoms with E-state index in [1.54, 1.807) is 0 Å². The van der Waals surface area contributed by atoms with E-state index in [-0.39, 0.29) is 13.2 Å². The van der Waals surface area contributed by atoms with Gasteiger partial charge in [-0.2, -0.15) is 0 Å². The summed E-state index contributed by atoms with van der Waals surface area (Å²) in [6.07, 6.45) is 1.25. The van der Waals surface area contributed by atoms with Crippen molar-refractivity contribution in [2.75, 3.05) is 47.1 Å². The molecule has 0 saturated heterocycles. The molecule has 0 aliphatic carbocycles. The molecule has 0 aliphatic heterocycles. The Bertz CT molecular complexity index is 77.8. The molecule has 0 atom stereocenters. The van der Waals surface area contributed by atoms with Crippen molar-refractivity contribution in [3.05, 3.63) is 0 Å². The number of rotatable bonds is 5. The molecule has 124 valence electrons. The van der Waals surface area contributed by atoms with Gasteiger partial charge in [-0.15, -0.1) is 0 Å². The van der Waals surface area contributed by atoms with Gasteiger partial charge in [0.05, 0.1) is 19.8 Å². The van der Waals surface area contributed by atoms with Crippen LogP contribution in [-0.2, 0) is 4.74 Å². The maximum Gasteiger partial charge on any atom is 0.0697 e. The van der Waals surface area contributed by atoms with Gasteiger partial charge in [-0.3, -0.25) is 0 Å². The van der Waals surface area contributed by atoms with Crippen LogP contribution in [0.25, 0.3) is 0 Å². The van der Waals surface area contributed by atoms with E-state index in [0.717, 1.165) is 6.54 Å². The smallest absolute Gasteiger partial charge is 0.0697 e. The molecular formula is C15H41NO3. The van der Waals surface area contributed by atoms with Crippen LogP contribution in [0.4, 0.5) is 0 Å². The van der Waals surface area contributed by atoms with Gasteiger partial charge >= 0.3 is 0 Å². The molecule has 0 saturated carbocycles. The molecule has 0 bridgehead atoms. The molecule has 4 nitrogen and oxygen atoms in total. The standard InChI is InChI=1S/C4H11NO.C4H10O2.C3H8.2C2H6/c1-5(2)3-4-6;1-2-6-4-3-5;1-3-2;2*1-2/h6H,3-4H2,1-2H3;5H,2-4H2,1H3;3H2,1-2H3;2*1-2H3. The van der Waals surface area contributed by atoms with Gasteiger partial charge < -0.3 is 19.8 Å². The number of nitrogens with zero attached hydrogens (tertiary/aromatic N) is 1. The van der Waals surface area contributed by atoms with Crippen LogP contribution < -0.4 is 0 Å². The lowest BCUT2D eigenvalue weighted by Gasteiger charge is -2.03. The van der Waals surface area contributed by atoms with Crippen LogP contribution in [0, 0.1) is 0 Å². The second-order valence-electron chi connectivity index (χ2n) is 3.15. The molecule has 0 aromatic heterocycles. The Labute approximate surface area is 122 Å². The highest BCUT2D eigenvalue weighted by atomic mass is 16.5. The fourth-order valence-corrected chi connectivity index (χ4v) is 0.409. The molecule has 0 aromatic carbocycles. The predicted octanol–water partition coefficient (Wildman–Crippen LogP) is 3.02. The quantitative estimate of drug-likeness (QED) is 0.762. The Morgan fingerprint density at radius 1 is 0.842 bits per heavy atom. The summed E-state index contributed by atoms with van der Waals surface area (Å²) in [5.74, 6) is 0. The van der Waals surface area contributed by atoms with E-state index in [4.69, 9.17) is 14.9 Å². The van der Waals surface area contributed by atoms with Crippen LogP contribution in [-0.4, -0.2) is 62.2 Å². The molecule has 0 heterocycles. The molecule has 0 unspecified atom stereocenters. The Balaban J connectivity index is -0.0000000472. The number of ether oxygens (including phenoxy) is 1. The number of likely N-dealkylation sites (N-methyl/N-ethyl adjacent to an activating group) is 1. The average molecular weight is 283 g/mol. The van der Waals surface area contributed by atoms with Gasteiger partial charge in [-0.05, 0) is 21.0 Å². The minimum atomic E-state index is 0.133. The summed E-state index contributed by atoms with van der Waals surface area (Å²) in [6.45, 7) is 16.5. The van der Waals surface area contributed by atoms with Crippen LogP contribution in [0.15, 0.2) is 0 Å². The van der Waals surface area contributed by atoms with E-state index >= 15 is 0 Å². The van der Waals surface area contributed by atoms with Crippen LogP contribution in [0.5, 0.6) is 0 Å². The van der Waals surface area contributed by atoms with Gasteiger partial charge in [0, 0.05) is 13.2 Å². The number of hydrogen-bond donors (Lipinski definition) is 2. The topological polar surface area (TPSA) is 52.9 Å². The summed E-state index contributed by atoms with van der Waals surface area (Å²) in [4.78, 5) is 1.93. The predicted molar refractivity (Wildman–Crippen MR) is 87.9 cm³/mol. The highest BCUT2D eigenvalue weighted by molar-refractivity contribution is 4.34. The van der Waals surface area contributed by atoms with Crippen molar-refractivity contribution in [2.24, 2.45) is 0 Å². The Morgan fingerprint density at radius 2 is 1.21 bits per heavy atom. The molecule has 2 N–H and O–H groups in total. The highest BCUT2D eigenvalue weighted by Gasteiger charge is 1.80. The zero-order chi connectivity index (χ0) is 16.5. The fraction of sp³-hybridized carbons (Fsp3) is 1.00. The first-order valence-corrected chi connectivity index (χ1v) is 7.54. The summed E-state index contributed by atoms with van der Waals surface area (Å²) in [7, 11) is 3.85. The number of aliphatic hydroxyl groups is 2. The van der Waals surface area contributed by atoms with Gasteiger partial charge in [0.25, 0.3) is 0 Å². The van der Waals surface area contributed by atoms with Crippen molar-refractivity contribution < 1.29 is 14.9 Å². The zero-order valence-corrected chi connectivity index (χ0v) is 15.0. The summed E-state index contributed by atoms with van der Waals surface area (Å²) < 4.78 is 4.73. The third-order valence-corrected chi connectivity index (χ3v) is 0.987. The lowest BCUT2D eigenvalue weighted by Crippen LogP contribution is -2.15. The van der Waals surface area contributed by atoms with E-state index in [2.05, 4.69) is 13.8 Å². The molecule has 0 radical (unpaired) electrons. The Morgan fingerprint density at radius 3 is 1.26 bits per heavy atom. The monoisotopic (exact) mass is 283 g/mol. The number of hydrogen-bond acceptors (Lipinski definition) is 4. The van der Waals surface area contributed by atoms with E-state index in [1.807, 2.05) is 53.6 Å². The molecule has 0 aliphatic rings. The van der Waals surface area contributed by atoms with Crippen molar-refractivity contribution >= 4 is 0 Å². The van der Waals surface area contributed by atoms with Crippen LogP contribution >= 0.6 is 0 Å². The first kappa shape index (κ1) is 31.3. The third kappa shape index (κ3) is 131. The largest absolute Gasteiger partial charge is 0.395 e. The molecule has 4 heteroatoms. The second kappa shape index (κ2) is 52.3. The molecule has 0 fully saturated rings. The third-order valence-electron chi connectivity index (χ3n) is 0.987. The molecular weight excluding hydrogens is 242 g/mol. The second-order valence-corrected chi connectivity index (χ2v) is 3.15. The maximum atomic E-state index is 8.20. The van der Waals surface area contributed by atoms with E-state index < -0.39 is 0 Å². The summed E-state index contributed by atoms with van der Waals surface area (Å²) in [5, 5.41) is 16.3. The zero-order valence-electron chi connectivity index (χ0n) is 15.0. The molecule has 0 rings (SSSR count). The Hall–Kier alpha value is -0.160. The van der Waals surface area contributed by atoms with Crippen molar-refractivity contribution in [1.29, 1.82) is 0 Å². The first-order chi connectivity index (χ1) is 9.10. The van der Waals surface area contributed by atoms with Gasteiger partial charge in [0.1, 0.15) is 0 Å². The van der Waals surface area contributed by atoms with E-state index in [0.29, 0.717) is 13.2 Å². The lowest BCUT2D eigenvalue weighted by molar-refractivity contribution is 0.102. The van der Waals surface area contributed by atoms with Gasteiger partial charge in [-0.1, -0.05) is 48.0 Å². The van der Waals surface area contributed by atoms with Crippen molar-refractivity contribution in [2.45, 2.75) is 54.9 Å². The van der Waals surface area contributed by atoms with Gasteiger partial charge in [0.15, 0.2) is 0 Å². The van der Waals surface area contributed by atoms with Gasteiger partial charge in [-0.25, -0.2) is 0 Å². The molecule has 19 heavy (non-hydrogen) atoms. The number of aliphatic hydroxyl groups excluding tert-OH is 2. The first-order valence-electron chi connectivity index (χ1n) is 7.54. The SMILES string of the molecule is CC.CC.CCC.CCOCCO.CN(C)CCO. The van der Waals surface area contributed by atoms with Gasteiger partial charge in [0.2, 0.25) is 0 Å². The minimum Gasteiger partial charge on any atom is -0.395 e. The van der Waals surface area contributed by atoms with Crippen LogP contribution in [0.1, 0.15) is 54.9 Å². The van der Waals surface area contributed by atoms with E-state index in [9.17, 15) is 0 Å². The van der Waals surface area contributed by atoms with Crippen molar-refractivity contribution in [1.82, 2.24) is 4.90 Å². The van der Waals surface area contributed by atoms with Crippen molar-refractivity contribution in [3.8, 4) is 0 Å². The van der Waals surface area contributed by atoms with E-state index in [1.165, 1.54) is 6.42 Å². The Kier molecular flexibility index (Phi) is 86.1. The summed E-state index contributed by atoms with van der Waals surface area (Å²) in [6, 6.07) is 0. The average Bonchev–Trinajstić information content (AvgIpc) is 2.42. The minimum absolute atomic E-state index is 0.133. The highest BCUT2D eigenvalue weighted by Crippen LogP contribution is 1.66. The normalized spacial score (nSPS) is 7.58. The van der Waals surface area contributed by atoms with Crippen molar-refractivity contribution in [3.63, 3.8) is 0 Å². The van der Waals surface area contributed by atoms with Crippen LogP contribution in [0.2, 0.25) is 0 Å². The van der Waals surface area contributed by atoms with Crippen LogP contribution in [0.3, 0.4) is 0 Å².